The second-order valence-electron chi connectivity index (χ2n) is 5.16. The summed E-state index contributed by atoms with van der Waals surface area (Å²) in [7, 11) is 0. The van der Waals surface area contributed by atoms with Crippen LogP contribution in [-0.2, 0) is 0 Å². The molecule has 0 amide bonds. The number of carboxylic acids is 1. The Kier molecular flexibility index (Phi) is 3.71. The highest BCUT2D eigenvalue weighted by molar-refractivity contribution is 5.88. The van der Waals surface area contributed by atoms with Gasteiger partial charge in [0, 0.05) is 5.56 Å². The molecule has 0 aliphatic heterocycles. The van der Waals surface area contributed by atoms with Gasteiger partial charge in [0.05, 0.1) is 5.69 Å². The first-order valence-electron chi connectivity index (χ1n) is 7.01. The maximum Gasteiger partial charge on any atom is 0.354 e. The highest BCUT2D eigenvalue weighted by atomic mass is 16.4. The lowest BCUT2D eigenvalue weighted by atomic mass is 10.0. The van der Waals surface area contributed by atoms with Crippen LogP contribution >= 0.6 is 0 Å². The van der Waals surface area contributed by atoms with Crippen molar-refractivity contribution < 1.29 is 9.90 Å². The van der Waals surface area contributed by atoms with E-state index in [0.29, 0.717) is 5.69 Å². The molecule has 0 saturated carbocycles. The van der Waals surface area contributed by atoms with Gasteiger partial charge in [-0.3, -0.25) is 0 Å². The van der Waals surface area contributed by atoms with Crippen molar-refractivity contribution in [1.29, 1.82) is 0 Å². The molecule has 22 heavy (non-hydrogen) atoms. The predicted octanol–water partition coefficient (Wildman–Crippen LogP) is 4.42. The monoisotopic (exact) mass is 289 g/mol. The van der Waals surface area contributed by atoms with E-state index in [2.05, 4.69) is 4.98 Å². The zero-order valence-corrected chi connectivity index (χ0v) is 12.2. The number of benzene rings is 2. The van der Waals surface area contributed by atoms with Crippen LogP contribution in [0.15, 0.2) is 66.7 Å². The Bertz CT molecular complexity index is 809. The Hall–Kier alpha value is -2.94. The summed E-state index contributed by atoms with van der Waals surface area (Å²) < 4.78 is 0. The third-order valence-electron chi connectivity index (χ3n) is 3.50. The maximum atomic E-state index is 11.4. The average Bonchev–Trinajstić information content (AvgIpc) is 2.56. The van der Waals surface area contributed by atoms with Gasteiger partial charge in [-0.15, -0.1) is 0 Å². The molecule has 0 saturated heterocycles. The highest BCUT2D eigenvalue weighted by Gasteiger charge is 2.11. The van der Waals surface area contributed by atoms with Gasteiger partial charge in [-0.25, -0.2) is 9.78 Å². The molecule has 3 heteroatoms. The van der Waals surface area contributed by atoms with Gasteiger partial charge in [0.15, 0.2) is 0 Å². The molecule has 0 spiro atoms. The molecule has 3 nitrogen and oxygen atoms in total. The molecule has 2 aromatic carbocycles. The minimum Gasteiger partial charge on any atom is -0.477 e. The van der Waals surface area contributed by atoms with Crippen molar-refractivity contribution >= 4 is 5.97 Å². The molecule has 0 radical (unpaired) electrons. The molecule has 0 aliphatic carbocycles. The molecule has 3 aromatic rings. The minimum absolute atomic E-state index is 0.0527. The SMILES string of the molecule is Cc1ccc(-c2cc(C(=O)O)nc(-c3ccccc3)c2)cc1. The third kappa shape index (κ3) is 2.88. The van der Waals surface area contributed by atoms with Crippen LogP contribution in [0, 0.1) is 6.92 Å². The van der Waals surface area contributed by atoms with Gasteiger partial charge in [0.1, 0.15) is 5.69 Å². The largest absolute Gasteiger partial charge is 0.477 e. The summed E-state index contributed by atoms with van der Waals surface area (Å²) in [5, 5.41) is 9.31. The van der Waals surface area contributed by atoms with Gasteiger partial charge in [-0.1, -0.05) is 60.2 Å². The van der Waals surface area contributed by atoms with Gasteiger partial charge < -0.3 is 5.11 Å². The van der Waals surface area contributed by atoms with Crippen LogP contribution < -0.4 is 0 Å². The van der Waals surface area contributed by atoms with Gasteiger partial charge >= 0.3 is 5.97 Å². The maximum absolute atomic E-state index is 11.4. The predicted molar refractivity (Wildman–Crippen MR) is 86.8 cm³/mol. The number of hydrogen-bond acceptors (Lipinski definition) is 2. The molecule has 0 unspecified atom stereocenters. The molecule has 3 rings (SSSR count). The number of carboxylic acid groups (broad SMARTS) is 1. The molecule has 0 atom stereocenters. The van der Waals surface area contributed by atoms with Crippen molar-refractivity contribution in [2.75, 3.05) is 0 Å². The molecular weight excluding hydrogens is 274 g/mol. The lowest BCUT2D eigenvalue weighted by Crippen LogP contribution is -2.02. The summed E-state index contributed by atoms with van der Waals surface area (Å²) >= 11 is 0. The van der Waals surface area contributed by atoms with E-state index in [-0.39, 0.29) is 5.69 Å². The lowest BCUT2D eigenvalue weighted by Gasteiger charge is -2.08. The highest BCUT2D eigenvalue weighted by Crippen LogP contribution is 2.26. The van der Waals surface area contributed by atoms with Crippen LogP contribution in [0.25, 0.3) is 22.4 Å². The molecule has 1 aromatic heterocycles. The minimum atomic E-state index is -1.02. The molecule has 1 heterocycles. The van der Waals surface area contributed by atoms with Crippen LogP contribution in [0.5, 0.6) is 0 Å². The van der Waals surface area contributed by atoms with Gasteiger partial charge in [-0.05, 0) is 30.2 Å². The van der Waals surface area contributed by atoms with Gasteiger partial charge in [0.2, 0.25) is 0 Å². The van der Waals surface area contributed by atoms with Gasteiger partial charge in [0.25, 0.3) is 0 Å². The van der Waals surface area contributed by atoms with E-state index < -0.39 is 5.97 Å². The normalized spacial score (nSPS) is 10.4. The van der Waals surface area contributed by atoms with Crippen LogP contribution in [-0.4, -0.2) is 16.1 Å². The second kappa shape index (κ2) is 5.82. The van der Waals surface area contributed by atoms with E-state index in [1.165, 1.54) is 5.56 Å². The molecule has 0 fully saturated rings. The molecule has 0 bridgehead atoms. The van der Waals surface area contributed by atoms with Crippen molar-refractivity contribution in [3.63, 3.8) is 0 Å². The number of nitrogens with zero attached hydrogens (tertiary/aromatic N) is 1. The summed E-state index contributed by atoms with van der Waals surface area (Å²) in [5.41, 5.74) is 4.62. The number of aromatic nitrogens is 1. The van der Waals surface area contributed by atoms with E-state index in [1.54, 1.807) is 6.07 Å². The molecule has 108 valence electrons. The number of aryl methyl sites for hydroxylation is 1. The standard InChI is InChI=1S/C19H15NO2/c1-13-7-9-14(10-8-13)16-11-17(15-5-3-2-4-6-15)20-18(12-16)19(21)22/h2-12H,1H3,(H,21,22). The molecule has 1 N–H and O–H groups in total. The lowest BCUT2D eigenvalue weighted by molar-refractivity contribution is 0.0690. The summed E-state index contributed by atoms with van der Waals surface area (Å²) in [6.45, 7) is 2.02. The zero-order chi connectivity index (χ0) is 15.5. The van der Waals surface area contributed by atoms with Crippen LogP contribution in [0.2, 0.25) is 0 Å². The van der Waals surface area contributed by atoms with Crippen molar-refractivity contribution in [2.24, 2.45) is 0 Å². The quantitative estimate of drug-likeness (QED) is 0.776. The van der Waals surface area contributed by atoms with Crippen LogP contribution in [0.3, 0.4) is 0 Å². The first kappa shape index (κ1) is 14.0. The fourth-order valence-electron chi connectivity index (χ4n) is 2.31. The fourth-order valence-corrected chi connectivity index (χ4v) is 2.31. The van der Waals surface area contributed by atoms with E-state index in [1.807, 2.05) is 67.6 Å². The average molecular weight is 289 g/mol. The number of aromatic carboxylic acids is 1. The van der Waals surface area contributed by atoms with E-state index >= 15 is 0 Å². The van der Waals surface area contributed by atoms with Crippen molar-refractivity contribution in [3.05, 3.63) is 78.0 Å². The second-order valence-corrected chi connectivity index (χ2v) is 5.16. The summed E-state index contributed by atoms with van der Waals surface area (Å²) in [5.74, 6) is -1.02. The van der Waals surface area contributed by atoms with E-state index in [4.69, 9.17) is 0 Å². The molecule has 0 aliphatic rings. The summed E-state index contributed by atoms with van der Waals surface area (Å²) in [4.78, 5) is 15.6. The Morgan fingerprint density at radius 2 is 1.55 bits per heavy atom. The molecular formula is C19H15NO2. The van der Waals surface area contributed by atoms with Crippen LogP contribution in [0.1, 0.15) is 16.1 Å². The smallest absolute Gasteiger partial charge is 0.354 e. The Morgan fingerprint density at radius 3 is 2.18 bits per heavy atom. The fraction of sp³-hybridized carbons (Fsp3) is 0.0526. The van der Waals surface area contributed by atoms with Crippen molar-refractivity contribution in [2.45, 2.75) is 6.92 Å². The summed E-state index contributed by atoms with van der Waals surface area (Å²) in [6, 6.07) is 21.1. The zero-order valence-electron chi connectivity index (χ0n) is 12.2. The summed E-state index contributed by atoms with van der Waals surface area (Å²) in [6.07, 6.45) is 0. The van der Waals surface area contributed by atoms with Crippen LogP contribution in [0.4, 0.5) is 0 Å². The number of pyridine rings is 1. The van der Waals surface area contributed by atoms with E-state index in [9.17, 15) is 9.90 Å². The first-order valence-corrected chi connectivity index (χ1v) is 7.01. The Balaban J connectivity index is 2.16. The Labute approximate surface area is 128 Å². The number of hydrogen-bond donors (Lipinski definition) is 1. The Morgan fingerprint density at radius 1 is 0.864 bits per heavy atom. The van der Waals surface area contributed by atoms with E-state index in [0.717, 1.165) is 16.7 Å². The van der Waals surface area contributed by atoms with Gasteiger partial charge in [-0.2, -0.15) is 0 Å². The van der Waals surface area contributed by atoms with Crippen molar-refractivity contribution in [1.82, 2.24) is 4.98 Å². The number of carbonyl (C=O) groups is 1. The van der Waals surface area contributed by atoms with Crippen molar-refractivity contribution in [3.8, 4) is 22.4 Å². The third-order valence-corrected chi connectivity index (χ3v) is 3.50. The first-order chi connectivity index (χ1) is 10.6. The number of rotatable bonds is 3. The topological polar surface area (TPSA) is 50.2 Å².